The lowest BCUT2D eigenvalue weighted by Crippen LogP contribution is -2.44. The molecule has 5 atom stereocenters. The Morgan fingerprint density at radius 2 is 1.83 bits per heavy atom. The van der Waals surface area contributed by atoms with Crippen LogP contribution < -0.4 is 5.32 Å². The van der Waals surface area contributed by atoms with Gasteiger partial charge in [0, 0.05) is 6.04 Å². The predicted octanol–water partition coefficient (Wildman–Crippen LogP) is 0.923. The van der Waals surface area contributed by atoms with E-state index in [0.717, 1.165) is 12.3 Å². The van der Waals surface area contributed by atoms with Gasteiger partial charge in [0.1, 0.15) is 6.10 Å². The molecule has 0 aromatic heterocycles. The van der Waals surface area contributed by atoms with Crippen LogP contribution in [0.1, 0.15) is 38.5 Å². The van der Waals surface area contributed by atoms with E-state index in [4.69, 9.17) is 9.84 Å². The van der Waals surface area contributed by atoms with Gasteiger partial charge in [0.2, 0.25) is 5.91 Å². The highest BCUT2D eigenvalue weighted by Gasteiger charge is 2.42. The largest absolute Gasteiger partial charge is 0.479 e. The zero-order valence-corrected chi connectivity index (χ0v) is 10.3. The van der Waals surface area contributed by atoms with Crippen molar-refractivity contribution in [3.8, 4) is 0 Å². The van der Waals surface area contributed by atoms with Gasteiger partial charge in [0.05, 0.1) is 0 Å². The Bertz CT molecular complexity index is 370. The highest BCUT2D eigenvalue weighted by atomic mass is 16.5. The molecule has 0 radical (unpaired) electrons. The highest BCUT2D eigenvalue weighted by molar-refractivity contribution is 5.82. The number of rotatable bonds is 3. The van der Waals surface area contributed by atoms with Gasteiger partial charge in [-0.1, -0.05) is 6.42 Å². The summed E-state index contributed by atoms with van der Waals surface area (Å²) in [5.74, 6) is 0.341. The van der Waals surface area contributed by atoms with E-state index in [1.54, 1.807) is 0 Å². The lowest BCUT2D eigenvalue weighted by molar-refractivity contribution is -0.152. The van der Waals surface area contributed by atoms with E-state index in [0.29, 0.717) is 24.8 Å². The summed E-state index contributed by atoms with van der Waals surface area (Å²) in [6, 6.07) is 0.295. The Balaban J connectivity index is 1.52. The van der Waals surface area contributed by atoms with Crippen molar-refractivity contribution in [3.05, 3.63) is 0 Å². The van der Waals surface area contributed by atoms with Gasteiger partial charge in [-0.2, -0.15) is 0 Å². The molecule has 1 saturated heterocycles. The molecule has 0 aromatic carbocycles. The minimum Gasteiger partial charge on any atom is -0.479 e. The molecule has 3 fully saturated rings. The van der Waals surface area contributed by atoms with Gasteiger partial charge in [-0.3, -0.25) is 4.79 Å². The van der Waals surface area contributed by atoms with E-state index in [1.807, 2.05) is 0 Å². The number of carbonyl (C=O) groups is 2. The predicted molar refractivity (Wildman–Crippen MR) is 62.9 cm³/mol. The summed E-state index contributed by atoms with van der Waals surface area (Å²) in [6.07, 6.45) is 4.44. The molecule has 1 heterocycles. The fourth-order valence-corrected chi connectivity index (χ4v) is 3.71. The summed E-state index contributed by atoms with van der Waals surface area (Å²) in [5.41, 5.74) is 0. The number of aliphatic carboxylic acids is 1. The monoisotopic (exact) mass is 253 g/mol. The number of hydrogen-bond acceptors (Lipinski definition) is 3. The maximum absolute atomic E-state index is 12.0. The lowest BCUT2D eigenvalue weighted by atomic mass is 9.95. The molecule has 2 saturated carbocycles. The molecule has 5 heteroatoms. The number of nitrogens with one attached hydrogen (secondary N) is 1. The molecule has 3 rings (SSSR count). The Morgan fingerprint density at radius 1 is 1.06 bits per heavy atom. The van der Waals surface area contributed by atoms with Gasteiger partial charge in [0.25, 0.3) is 0 Å². The molecule has 1 aliphatic heterocycles. The normalized spacial score (nSPS) is 42.1. The average Bonchev–Trinajstić information content (AvgIpc) is 3.04. The first-order valence-corrected chi connectivity index (χ1v) is 6.82. The summed E-state index contributed by atoms with van der Waals surface area (Å²) < 4.78 is 5.26. The summed E-state index contributed by atoms with van der Waals surface area (Å²) in [6.45, 7) is 0. The van der Waals surface area contributed by atoms with E-state index in [1.165, 1.54) is 19.3 Å². The van der Waals surface area contributed by atoms with E-state index < -0.39 is 18.2 Å². The smallest absolute Gasteiger partial charge is 0.332 e. The standard InChI is InChI=1S/C13H19NO4/c15-12(10-3-4-11(18-10)13(16)17)14-9-6-7-1-2-8(9)5-7/h7-11H,1-6H2,(H,14,15)(H,16,17). The first kappa shape index (κ1) is 12.0. The third kappa shape index (κ3) is 2.11. The quantitative estimate of drug-likeness (QED) is 0.784. The van der Waals surface area contributed by atoms with Crippen molar-refractivity contribution >= 4 is 11.9 Å². The van der Waals surface area contributed by atoms with Crippen molar-refractivity contribution < 1.29 is 19.4 Å². The third-order valence-corrected chi connectivity index (χ3v) is 4.65. The topological polar surface area (TPSA) is 75.6 Å². The summed E-state index contributed by atoms with van der Waals surface area (Å²) >= 11 is 0. The van der Waals surface area contributed by atoms with Crippen LogP contribution in [0.5, 0.6) is 0 Å². The van der Waals surface area contributed by atoms with Gasteiger partial charge in [-0.15, -0.1) is 0 Å². The molecule has 2 N–H and O–H groups in total. The van der Waals surface area contributed by atoms with Crippen molar-refractivity contribution in [1.82, 2.24) is 5.32 Å². The van der Waals surface area contributed by atoms with Crippen LogP contribution >= 0.6 is 0 Å². The van der Waals surface area contributed by atoms with Crippen LogP contribution in [0.4, 0.5) is 0 Å². The van der Waals surface area contributed by atoms with E-state index in [2.05, 4.69) is 5.32 Å². The zero-order valence-electron chi connectivity index (χ0n) is 10.3. The van der Waals surface area contributed by atoms with Crippen molar-refractivity contribution in [2.45, 2.75) is 56.8 Å². The average molecular weight is 253 g/mol. The van der Waals surface area contributed by atoms with E-state index in [9.17, 15) is 9.59 Å². The number of carboxylic acids is 1. The first-order valence-electron chi connectivity index (χ1n) is 6.82. The zero-order chi connectivity index (χ0) is 12.7. The van der Waals surface area contributed by atoms with Crippen molar-refractivity contribution in [3.63, 3.8) is 0 Å². The van der Waals surface area contributed by atoms with Crippen LogP contribution in [0, 0.1) is 11.8 Å². The molecule has 100 valence electrons. The van der Waals surface area contributed by atoms with Gasteiger partial charge in [-0.05, 0) is 43.9 Å². The van der Waals surface area contributed by atoms with Crippen LogP contribution in [0.2, 0.25) is 0 Å². The summed E-state index contributed by atoms with van der Waals surface area (Å²) in [7, 11) is 0. The lowest BCUT2D eigenvalue weighted by Gasteiger charge is -2.24. The fourth-order valence-electron chi connectivity index (χ4n) is 3.71. The fraction of sp³-hybridized carbons (Fsp3) is 0.846. The SMILES string of the molecule is O=C(O)C1CCC(C(=O)NC2CC3CCC2C3)O1. The molecule has 1 amide bonds. The number of fused-ring (bicyclic) bond motifs is 2. The summed E-state index contributed by atoms with van der Waals surface area (Å²) in [5, 5.41) is 11.9. The maximum atomic E-state index is 12.0. The minimum atomic E-state index is -0.967. The molecule has 5 unspecified atom stereocenters. The molecular formula is C13H19NO4. The van der Waals surface area contributed by atoms with Crippen LogP contribution in [0.3, 0.4) is 0 Å². The molecule has 0 spiro atoms. The molecule has 2 bridgehead atoms. The van der Waals surface area contributed by atoms with Crippen molar-refractivity contribution in [2.24, 2.45) is 11.8 Å². The number of ether oxygens (including phenoxy) is 1. The second kappa shape index (κ2) is 4.53. The van der Waals surface area contributed by atoms with E-state index in [-0.39, 0.29) is 5.91 Å². The second-order valence-electron chi connectivity index (χ2n) is 5.82. The van der Waals surface area contributed by atoms with Crippen LogP contribution in [0.15, 0.2) is 0 Å². The minimum absolute atomic E-state index is 0.115. The summed E-state index contributed by atoms with van der Waals surface area (Å²) in [4.78, 5) is 22.8. The maximum Gasteiger partial charge on any atom is 0.332 e. The van der Waals surface area contributed by atoms with Gasteiger partial charge in [-0.25, -0.2) is 4.79 Å². The Kier molecular flexibility index (Phi) is 3.01. The van der Waals surface area contributed by atoms with Crippen molar-refractivity contribution in [1.29, 1.82) is 0 Å². The van der Waals surface area contributed by atoms with Gasteiger partial charge < -0.3 is 15.2 Å². The molecule has 18 heavy (non-hydrogen) atoms. The molecule has 2 aliphatic carbocycles. The van der Waals surface area contributed by atoms with Gasteiger partial charge >= 0.3 is 5.97 Å². The second-order valence-corrected chi connectivity index (χ2v) is 5.82. The van der Waals surface area contributed by atoms with Crippen molar-refractivity contribution in [2.75, 3.05) is 0 Å². The molecule has 5 nitrogen and oxygen atoms in total. The first-order chi connectivity index (χ1) is 8.63. The number of hydrogen-bond donors (Lipinski definition) is 2. The number of amides is 1. The van der Waals surface area contributed by atoms with Crippen LogP contribution in [-0.4, -0.2) is 35.2 Å². The molecule has 0 aromatic rings. The van der Waals surface area contributed by atoms with Crippen LogP contribution in [0.25, 0.3) is 0 Å². The molecule has 3 aliphatic rings. The Morgan fingerprint density at radius 3 is 2.39 bits per heavy atom. The van der Waals surface area contributed by atoms with Gasteiger partial charge in [0.15, 0.2) is 6.10 Å². The third-order valence-electron chi connectivity index (χ3n) is 4.65. The highest BCUT2D eigenvalue weighted by Crippen LogP contribution is 2.44. The van der Waals surface area contributed by atoms with Crippen LogP contribution in [-0.2, 0) is 14.3 Å². The van der Waals surface area contributed by atoms with E-state index >= 15 is 0 Å². The Labute approximate surface area is 106 Å². The Hall–Kier alpha value is -1.10. The number of carbonyl (C=O) groups excluding carboxylic acids is 1. The molecular weight excluding hydrogens is 234 g/mol. The number of carboxylic acid groups (broad SMARTS) is 1.